The van der Waals surface area contributed by atoms with Crippen LogP contribution in [0, 0.1) is 0 Å². The Labute approximate surface area is 74.9 Å². The molecule has 1 unspecified atom stereocenters. The van der Waals surface area contributed by atoms with Crippen LogP contribution in [0.1, 0.15) is 13.3 Å². The second kappa shape index (κ2) is 6.14. The third-order valence-corrected chi connectivity index (χ3v) is 2.12. The topological polar surface area (TPSA) is 69.4 Å². The highest BCUT2D eigenvalue weighted by molar-refractivity contribution is 7.84. The van der Waals surface area contributed by atoms with Crippen LogP contribution in [0.2, 0.25) is 0 Å². The van der Waals surface area contributed by atoms with E-state index in [2.05, 4.69) is 4.74 Å². The first-order valence-electron chi connectivity index (χ1n) is 3.80. The van der Waals surface area contributed by atoms with Gasteiger partial charge in [0.25, 0.3) is 0 Å². The third kappa shape index (κ3) is 5.26. The summed E-state index contributed by atoms with van der Waals surface area (Å²) in [6.07, 6.45) is 2.00. The molecule has 2 N–H and O–H groups in total. The lowest BCUT2D eigenvalue weighted by atomic mass is 10.2. The Morgan fingerprint density at radius 2 is 2.25 bits per heavy atom. The minimum atomic E-state index is -0.894. The van der Waals surface area contributed by atoms with Gasteiger partial charge in [0.05, 0.1) is 6.61 Å². The number of ether oxygens (including phenoxy) is 1. The van der Waals surface area contributed by atoms with Gasteiger partial charge >= 0.3 is 5.97 Å². The summed E-state index contributed by atoms with van der Waals surface area (Å²) in [6.45, 7) is 2.06. The van der Waals surface area contributed by atoms with Crippen molar-refractivity contribution >= 4 is 16.8 Å². The molecule has 0 fully saturated rings. The van der Waals surface area contributed by atoms with Crippen molar-refractivity contribution in [3.63, 3.8) is 0 Å². The van der Waals surface area contributed by atoms with Crippen LogP contribution < -0.4 is 5.73 Å². The van der Waals surface area contributed by atoms with Crippen molar-refractivity contribution in [3.8, 4) is 0 Å². The van der Waals surface area contributed by atoms with Gasteiger partial charge in [0.1, 0.15) is 6.04 Å². The zero-order chi connectivity index (χ0) is 9.56. The first kappa shape index (κ1) is 11.6. The molecule has 5 heteroatoms. The summed E-state index contributed by atoms with van der Waals surface area (Å²) in [5, 5.41) is 0. The van der Waals surface area contributed by atoms with Crippen molar-refractivity contribution < 1.29 is 13.7 Å². The molecule has 0 bridgehead atoms. The third-order valence-electron chi connectivity index (χ3n) is 1.31. The van der Waals surface area contributed by atoms with Crippen molar-refractivity contribution in [1.82, 2.24) is 0 Å². The summed E-state index contributed by atoms with van der Waals surface area (Å²) >= 11 is 0. The molecular formula is C7H15NO3S. The first-order chi connectivity index (χ1) is 5.57. The summed E-state index contributed by atoms with van der Waals surface area (Å²) in [5.41, 5.74) is 5.44. The number of carbonyl (C=O) groups excluding carboxylic acids is 1. The molecule has 12 heavy (non-hydrogen) atoms. The van der Waals surface area contributed by atoms with E-state index in [1.165, 1.54) is 0 Å². The maximum Gasteiger partial charge on any atom is 0.322 e. The molecule has 0 aliphatic carbocycles. The lowest BCUT2D eigenvalue weighted by Crippen LogP contribution is -2.33. The van der Waals surface area contributed by atoms with E-state index in [0.29, 0.717) is 18.8 Å². The van der Waals surface area contributed by atoms with Crippen molar-refractivity contribution in [2.24, 2.45) is 5.73 Å². The second-order valence-corrected chi connectivity index (χ2v) is 3.98. The van der Waals surface area contributed by atoms with Crippen molar-refractivity contribution in [3.05, 3.63) is 0 Å². The highest BCUT2D eigenvalue weighted by atomic mass is 32.2. The summed E-state index contributed by atoms with van der Waals surface area (Å²) in [5.74, 6) is 0.0305. The maximum absolute atomic E-state index is 10.9. The van der Waals surface area contributed by atoms with Crippen LogP contribution in [-0.2, 0) is 20.3 Å². The van der Waals surface area contributed by atoms with Gasteiger partial charge in [-0.05, 0) is 13.3 Å². The van der Waals surface area contributed by atoms with Crippen molar-refractivity contribution in [2.45, 2.75) is 19.4 Å². The molecule has 0 aliphatic heterocycles. The first-order valence-corrected chi connectivity index (χ1v) is 5.53. The molecule has 72 valence electrons. The van der Waals surface area contributed by atoms with Crippen molar-refractivity contribution in [1.29, 1.82) is 0 Å². The van der Waals surface area contributed by atoms with E-state index in [1.54, 1.807) is 13.2 Å². The van der Waals surface area contributed by atoms with Gasteiger partial charge in [0.15, 0.2) is 0 Å². The van der Waals surface area contributed by atoms with Crippen molar-refractivity contribution in [2.75, 3.05) is 18.6 Å². The Bertz CT molecular complexity index is 172. The van der Waals surface area contributed by atoms with Crippen LogP contribution in [0.15, 0.2) is 0 Å². The number of carbonyl (C=O) groups is 1. The van der Waals surface area contributed by atoms with E-state index >= 15 is 0 Å². The zero-order valence-corrected chi connectivity index (χ0v) is 8.23. The molecule has 0 rings (SSSR count). The van der Waals surface area contributed by atoms with Crippen LogP contribution >= 0.6 is 0 Å². The normalized spacial score (nSPS) is 15.2. The van der Waals surface area contributed by atoms with E-state index in [0.717, 1.165) is 0 Å². The largest absolute Gasteiger partial charge is 0.465 e. The number of rotatable bonds is 5. The molecule has 0 saturated carbocycles. The Balaban J connectivity index is 3.63. The zero-order valence-electron chi connectivity index (χ0n) is 7.41. The molecule has 0 aromatic rings. The van der Waals surface area contributed by atoms with E-state index in [9.17, 15) is 9.00 Å². The monoisotopic (exact) mass is 193 g/mol. The number of nitrogens with two attached hydrogens (primary N) is 1. The Hall–Kier alpha value is -0.420. The number of hydrogen-bond donors (Lipinski definition) is 1. The van der Waals surface area contributed by atoms with Gasteiger partial charge in [-0.1, -0.05) is 0 Å². The van der Waals surface area contributed by atoms with Gasteiger partial charge in [-0.15, -0.1) is 0 Å². The Kier molecular flexibility index (Phi) is 5.92. The smallest absolute Gasteiger partial charge is 0.322 e. The summed E-state index contributed by atoms with van der Waals surface area (Å²) in [4.78, 5) is 10.9. The van der Waals surface area contributed by atoms with Gasteiger partial charge in [-0.2, -0.15) is 0 Å². The molecule has 0 aromatic carbocycles. The number of hydrogen-bond acceptors (Lipinski definition) is 4. The highest BCUT2D eigenvalue weighted by Gasteiger charge is 2.14. The quantitative estimate of drug-likeness (QED) is 0.606. The van der Waals surface area contributed by atoms with Gasteiger partial charge in [0, 0.05) is 22.8 Å². The average molecular weight is 193 g/mol. The molecule has 0 aromatic heterocycles. The predicted molar refractivity (Wildman–Crippen MR) is 48.2 cm³/mol. The van der Waals surface area contributed by atoms with Gasteiger partial charge in [0.2, 0.25) is 0 Å². The SMILES string of the molecule is CCOC(=O)[C@@H](N)CCS(C)=O. The molecule has 0 saturated heterocycles. The highest BCUT2D eigenvalue weighted by Crippen LogP contribution is 1.93. The Morgan fingerprint density at radius 1 is 1.67 bits per heavy atom. The molecule has 0 spiro atoms. The van der Waals surface area contributed by atoms with E-state index < -0.39 is 22.8 Å². The number of esters is 1. The summed E-state index contributed by atoms with van der Waals surface area (Å²) < 4.78 is 15.3. The summed E-state index contributed by atoms with van der Waals surface area (Å²) in [7, 11) is -0.894. The minimum Gasteiger partial charge on any atom is -0.465 e. The fraction of sp³-hybridized carbons (Fsp3) is 0.857. The van der Waals surface area contributed by atoms with Crippen LogP contribution in [-0.4, -0.2) is 34.8 Å². The van der Waals surface area contributed by atoms with Crippen LogP contribution in [0.4, 0.5) is 0 Å². The molecular weight excluding hydrogens is 178 g/mol. The average Bonchev–Trinajstić information content (AvgIpc) is 2.00. The van der Waals surface area contributed by atoms with Crippen LogP contribution in [0.25, 0.3) is 0 Å². The summed E-state index contributed by atoms with van der Waals surface area (Å²) in [6, 6.07) is -0.631. The van der Waals surface area contributed by atoms with Gasteiger partial charge in [-0.3, -0.25) is 9.00 Å². The minimum absolute atomic E-state index is 0.335. The predicted octanol–water partition coefficient (Wildman–Crippen LogP) is -0.355. The fourth-order valence-corrected chi connectivity index (χ4v) is 1.25. The van der Waals surface area contributed by atoms with Gasteiger partial charge in [-0.25, -0.2) is 0 Å². The maximum atomic E-state index is 10.9. The molecule has 0 heterocycles. The van der Waals surface area contributed by atoms with Gasteiger partial charge < -0.3 is 10.5 Å². The lowest BCUT2D eigenvalue weighted by Gasteiger charge is -2.08. The fourth-order valence-electron chi connectivity index (χ4n) is 0.660. The van der Waals surface area contributed by atoms with E-state index in [-0.39, 0.29) is 0 Å². The van der Waals surface area contributed by atoms with E-state index in [4.69, 9.17) is 5.73 Å². The van der Waals surface area contributed by atoms with Crippen LogP contribution in [0.3, 0.4) is 0 Å². The standard InChI is InChI=1S/C7H15NO3S/c1-3-11-7(9)6(8)4-5-12(2)10/h6H,3-5,8H2,1-2H3/t6-,12?/m0/s1. The molecule has 2 atom stereocenters. The second-order valence-electron chi connectivity index (χ2n) is 2.42. The van der Waals surface area contributed by atoms with Crippen LogP contribution in [0.5, 0.6) is 0 Å². The lowest BCUT2D eigenvalue weighted by molar-refractivity contribution is -0.144. The molecule has 0 amide bonds. The Morgan fingerprint density at radius 3 is 2.67 bits per heavy atom. The molecule has 0 radical (unpaired) electrons. The molecule has 0 aliphatic rings. The molecule has 4 nitrogen and oxygen atoms in total. The van der Waals surface area contributed by atoms with E-state index in [1.807, 2.05) is 0 Å².